The molecule has 0 spiro atoms. The minimum Gasteiger partial charge on any atom is -0.458 e. The van der Waals surface area contributed by atoms with E-state index in [4.69, 9.17) is 9.47 Å². The van der Waals surface area contributed by atoms with E-state index in [1.54, 1.807) is 5.56 Å². The number of hydrogen-bond acceptors (Lipinski definition) is 2. The van der Waals surface area contributed by atoms with Crippen LogP contribution in [0.5, 0.6) is 23.0 Å². The maximum absolute atomic E-state index is 7.14. The smallest absolute Gasteiger partial charge is 0.260 e. The highest BCUT2D eigenvalue weighted by atomic mass is 16.5. The fourth-order valence-electron chi connectivity index (χ4n) is 9.20. The monoisotopic (exact) mass is 670 g/mol. The first-order chi connectivity index (χ1) is 23.9. The number of hydrogen-bond donors (Lipinski definition) is 0. The fraction of sp³-hybridized carbons (Fsp3) is 0.375. The largest absolute Gasteiger partial charge is 0.458 e. The van der Waals surface area contributed by atoms with Gasteiger partial charge in [-0.05, 0) is 132 Å². The Morgan fingerprint density at radius 3 is 1.80 bits per heavy atom. The first-order valence-corrected chi connectivity index (χ1v) is 19.1. The standard InChI is InChI=1S/C48H51BO2/c1-45(2,3)30-16-18-39-37(24-30)49-38-26-36-34(43-33-14-12-13-27(33)15-17-35(43)48(36,10)11)25-40(38)51-42-22-29(21-41(50-39)44(42)49)28-19-31(46(4,5)6)23-32(20-28)47(7,8)9/h15-26H,12-14H2,1-11H3. The van der Waals surface area contributed by atoms with Gasteiger partial charge in [0, 0.05) is 10.9 Å². The van der Waals surface area contributed by atoms with Crippen LogP contribution in [0.15, 0.2) is 72.8 Å². The maximum atomic E-state index is 7.14. The van der Waals surface area contributed by atoms with Gasteiger partial charge in [-0.2, -0.15) is 0 Å². The Hall–Kier alpha value is -4.24. The zero-order valence-corrected chi connectivity index (χ0v) is 32.4. The summed E-state index contributed by atoms with van der Waals surface area (Å²) < 4.78 is 14.1. The molecule has 0 aromatic heterocycles. The first kappa shape index (κ1) is 32.7. The Morgan fingerprint density at radius 1 is 0.549 bits per heavy atom. The highest BCUT2D eigenvalue weighted by Crippen LogP contribution is 2.53. The predicted octanol–water partition coefficient (Wildman–Crippen LogP) is 10.8. The van der Waals surface area contributed by atoms with Gasteiger partial charge in [0.15, 0.2) is 0 Å². The lowest BCUT2D eigenvalue weighted by molar-refractivity contribution is 0.464. The number of rotatable bonds is 1. The molecule has 3 heteroatoms. The number of benzene rings is 5. The highest BCUT2D eigenvalue weighted by molar-refractivity contribution is 6.98. The summed E-state index contributed by atoms with van der Waals surface area (Å²) in [7, 11) is 0. The topological polar surface area (TPSA) is 18.5 Å². The molecule has 0 unspecified atom stereocenters. The molecule has 0 N–H and O–H groups in total. The average Bonchev–Trinajstić information content (AvgIpc) is 3.62. The predicted molar refractivity (Wildman–Crippen MR) is 215 cm³/mol. The summed E-state index contributed by atoms with van der Waals surface area (Å²) in [4.78, 5) is 0. The Kier molecular flexibility index (Phi) is 6.68. The van der Waals surface area contributed by atoms with Crippen LogP contribution in [-0.4, -0.2) is 6.71 Å². The molecular formula is C48H51BO2. The average molecular weight is 671 g/mol. The van der Waals surface area contributed by atoms with Crippen LogP contribution >= 0.6 is 0 Å². The third kappa shape index (κ3) is 4.90. The molecule has 5 aromatic rings. The van der Waals surface area contributed by atoms with Crippen LogP contribution in [-0.2, 0) is 34.5 Å². The fourth-order valence-corrected chi connectivity index (χ4v) is 9.20. The summed E-state index contributed by atoms with van der Waals surface area (Å²) in [5.74, 6) is 3.71. The van der Waals surface area contributed by atoms with E-state index >= 15 is 0 Å². The lowest BCUT2D eigenvalue weighted by Crippen LogP contribution is -2.57. The zero-order chi connectivity index (χ0) is 36.0. The van der Waals surface area contributed by atoms with Crippen molar-refractivity contribution in [2.24, 2.45) is 0 Å². The first-order valence-electron chi connectivity index (χ1n) is 19.1. The molecule has 9 rings (SSSR count). The van der Waals surface area contributed by atoms with Gasteiger partial charge in [-0.3, -0.25) is 0 Å². The second-order valence-corrected chi connectivity index (χ2v) is 19.4. The van der Waals surface area contributed by atoms with Crippen LogP contribution < -0.4 is 25.9 Å². The summed E-state index contributed by atoms with van der Waals surface area (Å²) in [6.45, 7) is 25.6. The quantitative estimate of drug-likeness (QED) is 0.162. The molecule has 0 amide bonds. The van der Waals surface area contributed by atoms with E-state index in [1.807, 2.05) is 0 Å². The molecular weight excluding hydrogens is 619 g/mol. The summed E-state index contributed by atoms with van der Waals surface area (Å²) in [5, 5.41) is 0. The number of ether oxygens (including phenoxy) is 2. The molecule has 5 aromatic carbocycles. The second kappa shape index (κ2) is 10.4. The molecule has 4 aliphatic rings. The SMILES string of the molecule is CC(C)(C)c1cc(-c2cc3c4c(c2)Oc2cc5c(cc2B4c2cc(C(C)(C)C)ccc2O3)C(C)(C)c2ccc3c(c2-5)CCC3)cc(C(C)(C)C)c1. The number of aryl methyl sites for hydroxylation is 1. The van der Waals surface area contributed by atoms with E-state index in [-0.39, 0.29) is 28.4 Å². The van der Waals surface area contributed by atoms with Crippen LogP contribution in [0.2, 0.25) is 0 Å². The van der Waals surface area contributed by atoms with Crippen molar-refractivity contribution in [3.05, 3.63) is 112 Å². The lowest BCUT2D eigenvalue weighted by Gasteiger charge is -2.35. The Labute approximate surface area is 305 Å². The van der Waals surface area contributed by atoms with Gasteiger partial charge in [-0.25, -0.2) is 0 Å². The van der Waals surface area contributed by atoms with Gasteiger partial charge in [0.1, 0.15) is 23.0 Å². The van der Waals surface area contributed by atoms with Crippen LogP contribution in [0.4, 0.5) is 0 Å². The van der Waals surface area contributed by atoms with Gasteiger partial charge < -0.3 is 9.47 Å². The maximum Gasteiger partial charge on any atom is 0.260 e. The van der Waals surface area contributed by atoms with Crippen molar-refractivity contribution < 1.29 is 9.47 Å². The summed E-state index contributed by atoms with van der Waals surface area (Å²) >= 11 is 0. The molecule has 258 valence electrons. The molecule has 2 aliphatic heterocycles. The lowest BCUT2D eigenvalue weighted by atomic mass is 9.34. The van der Waals surface area contributed by atoms with Gasteiger partial charge in [-0.15, -0.1) is 0 Å². The Morgan fingerprint density at radius 2 is 1.16 bits per heavy atom. The Balaban J connectivity index is 1.29. The van der Waals surface area contributed by atoms with Crippen molar-refractivity contribution in [3.63, 3.8) is 0 Å². The van der Waals surface area contributed by atoms with E-state index < -0.39 is 0 Å². The minimum atomic E-state index is -0.0889. The molecule has 2 aliphatic carbocycles. The van der Waals surface area contributed by atoms with Gasteiger partial charge in [-0.1, -0.05) is 125 Å². The summed E-state index contributed by atoms with van der Waals surface area (Å²) in [6.07, 6.45) is 3.58. The van der Waals surface area contributed by atoms with Crippen molar-refractivity contribution in [1.29, 1.82) is 0 Å². The van der Waals surface area contributed by atoms with Crippen molar-refractivity contribution in [2.45, 2.75) is 117 Å². The third-order valence-corrected chi connectivity index (χ3v) is 12.4. The van der Waals surface area contributed by atoms with Crippen molar-refractivity contribution >= 4 is 23.1 Å². The Bertz CT molecular complexity index is 2290. The molecule has 51 heavy (non-hydrogen) atoms. The molecule has 0 atom stereocenters. The summed E-state index contributed by atoms with van der Waals surface area (Å²) in [5.41, 5.74) is 18.7. The van der Waals surface area contributed by atoms with E-state index in [1.165, 1.54) is 73.8 Å². The van der Waals surface area contributed by atoms with Gasteiger partial charge >= 0.3 is 0 Å². The molecule has 0 bridgehead atoms. The van der Waals surface area contributed by atoms with E-state index in [9.17, 15) is 0 Å². The van der Waals surface area contributed by atoms with Gasteiger partial charge in [0.05, 0.1) is 0 Å². The van der Waals surface area contributed by atoms with Crippen LogP contribution in [0.25, 0.3) is 22.3 Å². The zero-order valence-electron chi connectivity index (χ0n) is 32.4. The van der Waals surface area contributed by atoms with Gasteiger partial charge in [0.2, 0.25) is 0 Å². The molecule has 2 heterocycles. The molecule has 2 nitrogen and oxygen atoms in total. The third-order valence-electron chi connectivity index (χ3n) is 12.4. The summed E-state index contributed by atoms with van der Waals surface area (Å²) in [6, 6.07) is 28.3. The van der Waals surface area contributed by atoms with E-state index in [0.29, 0.717) is 0 Å². The molecule has 0 fully saturated rings. The van der Waals surface area contributed by atoms with Crippen molar-refractivity contribution in [3.8, 4) is 45.3 Å². The normalized spacial score (nSPS) is 16.3. The van der Waals surface area contributed by atoms with Gasteiger partial charge in [0.25, 0.3) is 6.71 Å². The molecule has 0 saturated carbocycles. The van der Waals surface area contributed by atoms with Crippen molar-refractivity contribution in [1.82, 2.24) is 0 Å². The molecule has 0 saturated heterocycles. The van der Waals surface area contributed by atoms with Crippen LogP contribution in [0.3, 0.4) is 0 Å². The molecule has 0 radical (unpaired) electrons. The van der Waals surface area contributed by atoms with E-state index in [2.05, 4.69) is 149 Å². The van der Waals surface area contributed by atoms with E-state index in [0.717, 1.165) is 40.4 Å². The van der Waals surface area contributed by atoms with Crippen LogP contribution in [0.1, 0.15) is 122 Å². The highest BCUT2D eigenvalue weighted by Gasteiger charge is 2.45. The number of fused-ring (bicyclic) bond motifs is 9. The second-order valence-electron chi connectivity index (χ2n) is 19.4. The van der Waals surface area contributed by atoms with Crippen LogP contribution in [0, 0.1) is 0 Å². The van der Waals surface area contributed by atoms with Crippen molar-refractivity contribution in [2.75, 3.05) is 0 Å². The minimum absolute atomic E-state index is 0.0143.